The molecule has 2 rings (SSSR count). The quantitative estimate of drug-likeness (QED) is 0.414. The Balaban J connectivity index is 0. The van der Waals surface area contributed by atoms with Crippen molar-refractivity contribution in [2.24, 2.45) is 5.41 Å². The van der Waals surface area contributed by atoms with Crippen LogP contribution in [-0.4, -0.2) is 8.07 Å². The van der Waals surface area contributed by atoms with Crippen LogP contribution in [0.25, 0.3) is 0 Å². The molecule has 1 aromatic carbocycles. The summed E-state index contributed by atoms with van der Waals surface area (Å²) in [6.45, 7) is 16.4. The molecule has 0 nitrogen and oxygen atoms in total. The van der Waals surface area contributed by atoms with Crippen LogP contribution in [0.2, 0.25) is 16.4 Å². The molecule has 0 saturated carbocycles. The van der Waals surface area contributed by atoms with Crippen LogP contribution in [0, 0.1) is 19.3 Å². The Hall–Kier alpha value is 0.501. The Morgan fingerprint density at radius 3 is 1.75 bits per heavy atom. The largest absolute Gasteiger partial charge is 1.00 e. The first-order chi connectivity index (χ1) is 9.46. The van der Waals surface area contributed by atoms with E-state index in [-0.39, 0.29) is 46.0 Å². The first kappa shape index (κ1) is 26.7. The summed E-state index contributed by atoms with van der Waals surface area (Å²) in [4.78, 5) is 0. The molecule has 0 aromatic heterocycles. The van der Waals surface area contributed by atoms with Gasteiger partial charge in [-0.3, -0.25) is 0 Å². The Bertz CT molecular complexity index is 610. The van der Waals surface area contributed by atoms with Gasteiger partial charge in [-0.05, 0) is 0 Å². The third-order valence-electron chi connectivity index (χ3n) is 4.75. The van der Waals surface area contributed by atoms with Crippen molar-refractivity contribution in [3.63, 3.8) is 0 Å². The van der Waals surface area contributed by atoms with Crippen LogP contribution in [0.5, 0.6) is 0 Å². The van der Waals surface area contributed by atoms with Crippen LogP contribution < -0.4 is 42.4 Å². The van der Waals surface area contributed by atoms with Gasteiger partial charge < -0.3 is 37.2 Å². The summed E-state index contributed by atoms with van der Waals surface area (Å²) in [6, 6.07) is 7.08. The van der Waals surface area contributed by atoms with Gasteiger partial charge in [0.25, 0.3) is 0 Å². The van der Waals surface area contributed by atoms with E-state index < -0.39 is 8.07 Å². The fraction of sp³-hybridized carbons (Fsp3) is 0.474. The second-order valence-corrected chi connectivity index (χ2v) is 14.8. The molecule has 0 spiro atoms. The maximum Gasteiger partial charge on any atom is -1.00 e. The van der Waals surface area contributed by atoms with Gasteiger partial charge in [0.15, 0.2) is 0 Å². The second-order valence-electron chi connectivity index (χ2n) is 8.05. The summed E-state index contributed by atoms with van der Waals surface area (Å²) >= 11 is 2.42. The van der Waals surface area contributed by atoms with Gasteiger partial charge in [-0.15, -0.1) is 0 Å². The molecule has 0 aliphatic heterocycles. The predicted molar refractivity (Wildman–Crippen MR) is 92.4 cm³/mol. The van der Waals surface area contributed by atoms with Crippen LogP contribution in [0.15, 0.2) is 42.0 Å². The predicted octanol–water partition coefficient (Wildman–Crippen LogP) is -3.98. The summed E-state index contributed by atoms with van der Waals surface area (Å²) < 4.78 is 0.204. The van der Waals surface area contributed by atoms with Crippen LogP contribution in [0.3, 0.4) is 0 Å². The normalized spacial score (nSPS) is 19.8. The van der Waals surface area contributed by atoms with Crippen molar-refractivity contribution in [2.75, 3.05) is 0 Å². The van der Waals surface area contributed by atoms with Crippen molar-refractivity contribution in [3.8, 4) is 0 Å². The third kappa shape index (κ3) is 5.25. The molecule has 0 bridgehead atoms. The minimum Gasteiger partial charge on any atom is -1.00 e. The molecule has 1 unspecified atom stereocenters. The Labute approximate surface area is 179 Å². The molecule has 1 atom stereocenters. The fourth-order valence-corrected chi connectivity index (χ4v) is 6.71. The van der Waals surface area contributed by atoms with E-state index in [1.54, 1.807) is 5.19 Å². The molecule has 1 aliphatic rings. The molecule has 0 saturated heterocycles. The van der Waals surface area contributed by atoms with Crippen LogP contribution in [-0.2, 0) is 20.4 Å². The van der Waals surface area contributed by atoms with Gasteiger partial charge in [-0.2, -0.15) is 0 Å². The maximum atomic E-state index is 2.54. The van der Waals surface area contributed by atoms with Gasteiger partial charge in [0.1, 0.15) is 0 Å². The van der Waals surface area contributed by atoms with E-state index in [1.165, 1.54) is 16.7 Å². The number of halogens is 3. The molecule has 5 heteroatoms. The molecular weight excluding hydrogens is 411 g/mol. The SMILES string of the molecule is Cc1cc(C)cc([Si](C)(C)[C]2([Ti+3])C=CC(C(C)(C)C)=C2)c1.[Cl-].[Cl-].[Cl-]. The third-order valence-corrected chi connectivity index (χ3v) is 12.3. The van der Waals surface area contributed by atoms with Crippen molar-refractivity contribution < 1.29 is 57.7 Å². The first-order valence-corrected chi connectivity index (χ1v) is 11.5. The average Bonchev–Trinajstić information content (AvgIpc) is 2.72. The monoisotopic (exact) mass is 436 g/mol. The number of rotatable bonds is 2. The minimum atomic E-state index is -1.62. The van der Waals surface area contributed by atoms with E-state index in [1.807, 2.05) is 0 Å². The van der Waals surface area contributed by atoms with Crippen molar-refractivity contribution >= 4 is 13.3 Å². The molecular formula is C19H27Cl3SiTi. The van der Waals surface area contributed by atoms with E-state index >= 15 is 0 Å². The van der Waals surface area contributed by atoms with Gasteiger partial charge in [0.2, 0.25) is 0 Å². The minimum absolute atomic E-state index is 0. The molecule has 0 N–H and O–H groups in total. The average molecular weight is 438 g/mol. The topological polar surface area (TPSA) is 0 Å². The van der Waals surface area contributed by atoms with Gasteiger partial charge in [0.05, 0.1) is 0 Å². The van der Waals surface area contributed by atoms with Crippen molar-refractivity contribution in [1.82, 2.24) is 0 Å². The van der Waals surface area contributed by atoms with Gasteiger partial charge in [-0.25, -0.2) is 0 Å². The standard InChI is InChI=1S/C19H27Si.3ClH.Ti/c1-14-10-15(2)12-18(11-14)20(6,7)17-9-8-16(13-17)19(3,4)5;;;;/h8-13H,1-7H3;3*1H;/q;;;;+3/p-3. The Morgan fingerprint density at radius 2 is 1.38 bits per heavy atom. The molecule has 132 valence electrons. The zero-order valence-corrected chi connectivity index (χ0v) is 20.4. The molecule has 1 aliphatic carbocycles. The zero-order valence-electron chi connectivity index (χ0n) is 15.6. The van der Waals surface area contributed by atoms with Crippen molar-refractivity contribution in [1.29, 1.82) is 0 Å². The number of hydrogen-bond donors (Lipinski definition) is 0. The van der Waals surface area contributed by atoms with Gasteiger partial charge in [0, 0.05) is 0 Å². The zero-order chi connectivity index (χ0) is 16.1. The number of aryl methyl sites for hydroxylation is 2. The Morgan fingerprint density at radius 1 is 0.917 bits per heavy atom. The van der Waals surface area contributed by atoms with Crippen LogP contribution in [0.4, 0.5) is 0 Å². The first-order valence-electron chi connectivity index (χ1n) is 7.72. The van der Waals surface area contributed by atoms with Gasteiger partial charge >= 0.3 is 143 Å². The van der Waals surface area contributed by atoms with Crippen LogP contribution >= 0.6 is 0 Å². The summed E-state index contributed by atoms with van der Waals surface area (Å²) in [5.74, 6) is 0. The fourth-order valence-electron chi connectivity index (χ4n) is 2.99. The van der Waals surface area contributed by atoms with Gasteiger partial charge in [-0.1, -0.05) is 0 Å². The van der Waals surface area contributed by atoms with E-state index in [9.17, 15) is 0 Å². The van der Waals surface area contributed by atoms with E-state index in [4.69, 9.17) is 0 Å². The molecule has 0 fully saturated rings. The van der Waals surface area contributed by atoms with Crippen molar-refractivity contribution in [3.05, 3.63) is 53.1 Å². The summed E-state index contributed by atoms with van der Waals surface area (Å²) in [6.07, 6.45) is 7.35. The van der Waals surface area contributed by atoms with Crippen LogP contribution in [0.1, 0.15) is 31.9 Å². The molecule has 0 heterocycles. The van der Waals surface area contributed by atoms with E-state index in [2.05, 4.69) is 105 Å². The Kier molecular flexibility index (Phi) is 9.95. The van der Waals surface area contributed by atoms with Crippen molar-refractivity contribution in [2.45, 2.75) is 51.1 Å². The summed E-state index contributed by atoms with van der Waals surface area (Å²) in [5, 5.41) is 1.57. The molecule has 0 radical (unpaired) electrons. The molecule has 0 amide bonds. The molecule has 24 heavy (non-hydrogen) atoms. The number of allylic oxidation sites excluding steroid dienone is 4. The molecule has 1 aromatic rings. The number of benzene rings is 1. The van der Waals surface area contributed by atoms with E-state index in [0.717, 1.165) is 0 Å². The summed E-state index contributed by atoms with van der Waals surface area (Å²) in [7, 11) is -1.62. The second kappa shape index (κ2) is 8.93. The number of hydrogen-bond acceptors (Lipinski definition) is 0. The summed E-state index contributed by atoms with van der Waals surface area (Å²) in [5.41, 5.74) is 4.49. The maximum absolute atomic E-state index is 2.54. The van der Waals surface area contributed by atoms with E-state index in [0.29, 0.717) is 0 Å². The smallest absolute Gasteiger partial charge is 1.00 e.